The van der Waals surface area contributed by atoms with E-state index in [0.29, 0.717) is 18.2 Å². The molecule has 0 aliphatic rings. The number of rotatable bonds is 8. The monoisotopic (exact) mass is 430 g/mol. The Hall–Kier alpha value is -3.72. The number of aromatic hydroxyl groups is 1. The fourth-order valence-corrected chi connectivity index (χ4v) is 2.83. The maximum Gasteiger partial charge on any atom is 0.344 e. The number of pyridine rings is 1. The molecule has 1 aromatic heterocycles. The van der Waals surface area contributed by atoms with Gasteiger partial charge in [-0.2, -0.15) is 4.98 Å². The number of halogens is 2. The van der Waals surface area contributed by atoms with Crippen LogP contribution < -0.4 is 15.2 Å². The molecule has 0 unspecified atom stereocenters. The predicted molar refractivity (Wildman–Crippen MR) is 108 cm³/mol. The molecule has 0 saturated carbocycles. The Labute approximate surface area is 176 Å². The topological polar surface area (TPSA) is 115 Å². The van der Waals surface area contributed by atoms with E-state index in [4.69, 9.17) is 20.3 Å². The molecule has 0 aliphatic carbocycles. The van der Waals surface area contributed by atoms with Crippen LogP contribution in [-0.2, 0) is 11.3 Å². The molecule has 162 valence electrons. The van der Waals surface area contributed by atoms with Crippen LogP contribution in [0.4, 0.5) is 8.78 Å². The van der Waals surface area contributed by atoms with Gasteiger partial charge in [0, 0.05) is 18.7 Å². The van der Waals surface area contributed by atoms with E-state index < -0.39 is 35.5 Å². The molecule has 1 atom stereocenters. The number of phenols is 1. The van der Waals surface area contributed by atoms with Crippen molar-refractivity contribution < 1.29 is 33.3 Å². The molecule has 0 fully saturated rings. The van der Waals surface area contributed by atoms with Crippen LogP contribution >= 0.6 is 0 Å². The van der Waals surface area contributed by atoms with Crippen molar-refractivity contribution in [2.75, 3.05) is 0 Å². The number of hydrogen-bond acceptors (Lipinski definition) is 6. The Morgan fingerprint density at radius 2 is 1.84 bits per heavy atom. The molecule has 0 bridgehead atoms. The summed E-state index contributed by atoms with van der Waals surface area (Å²) in [5.41, 5.74) is 7.85. The van der Waals surface area contributed by atoms with Crippen molar-refractivity contribution in [2.45, 2.75) is 26.0 Å². The highest BCUT2D eigenvalue weighted by molar-refractivity contribution is 5.72. The zero-order chi connectivity index (χ0) is 22.5. The van der Waals surface area contributed by atoms with Gasteiger partial charge in [-0.3, -0.25) is 0 Å². The number of nitrogens with two attached hydrogens (primary N) is 1. The number of nitrogens with zero attached hydrogens (tertiary/aromatic N) is 1. The molecule has 4 N–H and O–H groups in total. The van der Waals surface area contributed by atoms with E-state index >= 15 is 0 Å². The maximum absolute atomic E-state index is 14.2. The normalized spacial score (nSPS) is 11.7. The minimum atomic E-state index is -1.36. The fraction of sp³-hybridized carbons (Fsp3) is 0.182. The molecule has 2 aromatic carbocycles. The SMILES string of the molecule is CC[C@@H](Oc1nc(Oc2cc(O)cc(-c3cccc(CN)c3)c2)c(F)cc1F)C(=O)O. The van der Waals surface area contributed by atoms with Gasteiger partial charge in [0.25, 0.3) is 11.8 Å². The van der Waals surface area contributed by atoms with E-state index in [0.717, 1.165) is 11.1 Å². The number of phenolic OH excluding ortho intramolecular Hbond substituents is 1. The number of aromatic nitrogens is 1. The second-order valence-electron chi connectivity index (χ2n) is 6.64. The number of benzene rings is 2. The summed E-state index contributed by atoms with van der Waals surface area (Å²) in [7, 11) is 0. The zero-order valence-corrected chi connectivity index (χ0v) is 16.5. The van der Waals surface area contributed by atoms with Crippen molar-refractivity contribution in [3.63, 3.8) is 0 Å². The Kier molecular flexibility index (Phi) is 6.66. The van der Waals surface area contributed by atoms with E-state index in [1.165, 1.54) is 25.1 Å². The number of hydrogen-bond donors (Lipinski definition) is 3. The summed E-state index contributed by atoms with van der Waals surface area (Å²) in [6.07, 6.45) is -1.32. The molecule has 3 rings (SSSR count). The Balaban J connectivity index is 1.94. The molecule has 3 aromatic rings. The first-order valence-corrected chi connectivity index (χ1v) is 9.37. The standard InChI is InChI=1S/C22H20F2N2O5/c1-2-19(22(28)29)31-21-18(24)10-17(23)20(26-21)30-16-8-14(7-15(27)9-16)13-5-3-4-12(6-13)11-25/h3-10,19,27H,2,11,25H2,1H3,(H,28,29)/t19-/m1/s1. The van der Waals surface area contributed by atoms with Gasteiger partial charge in [0.2, 0.25) is 0 Å². The van der Waals surface area contributed by atoms with Gasteiger partial charge in [-0.05, 0) is 41.3 Å². The molecule has 0 amide bonds. The van der Waals surface area contributed by atoms with Crippen molar-refractivity contribution in [3.05, 3.63) is 65.7 Å². The van der Waals surface area contributed by atoms with Crippen molar-refractivity contribution in [1.82, 2.24) is 4.98 Å². The summed E-state index contributed by atoms with van der Waals surface area (Å²) >= 11 is 0. The third kappa shape index (κ3) is 5.26. The first kappa shape index (κ1) is 22.0. The number of ether oxygens (including phenoxy) is 2. The smallest absolute Gasteiger partial charge is 0.344 e. The second-order valence-corrected chi connectivity index (χ2v) is 6.64. The Morgan fingerprint density at radius 3 is 2.52 bits per heavy atom. The van der Waals surface area contributed by atoms with E-state index in [1.807, 2.05) is 12.1 Å². The van der Waals surface area contributed by atoms with Gasteiger partial charge < -0.3 is 25.4 Å². The summed E-state index contributed by atoms with van der Waals surface area (Å²) < 4.78 is 38.7. The van der Waals surface area contributed by atoms with Crippen LogP contribution in [0.3, 0.4) is 0 Å². The predicted octanol–water partition coefficient (Wildman–Crippen LogP) is 4.23. The summed E-state index contributed by atoms with van der Waals surface area (Å²) in [6, 6.07) is 12.0. The lowest BCUT2D eigenvalue weighted by atomic mass is 10.0. The molecule has 7 nitrogen and oxygen atoms in total. The highest BCUT2D eigenvalue weighted by Gasteiger charge is 2.22. The van der Waals surface area contributed by atoms with Gasteiger partial charge in [0.1, 0.15) is 11.5 Å². The van der Waals surface area contributed by atoms with E-state index in [9.17, 15) is 18.7 Å². The van der Waals surface area contributed by atoms with E-state index in [1.54, 1.807) is 12.1 Å². The average Bonchev–Trinajstić information content (AvgIpc) is 2.74. The molecule has 1 heterocycles. The molecule has 0 aliphatic heterocycles. The molecule has 0 spiro atoms. The lowest BCUT2D eigenvalue weighted by molar-refractivity contribution is -0.145. The summed E-state index contributed by atoms with van der Waals surface area (Å²) in [5.74, 6) is -5.06. The first-order chi connectivity index (χ1) is 14.8. The largest absolute Gasteiger partial charge is 0.508 e. The zero-order valence-electron chi connectivity index (χ0n) is 16.5. The van der Waals surface area contributed by atoms with Crippen LogP contribution in [0.2, 0.25) is 0 Å². The summed E-state index contributed by atoms with van der Waals surface area (Å²) in [5, 5.41) is 19.1. The van der Waals surface area contributed by atoms with Crippen LogP contribution in [0.25, 0.3) is 11.1 Å². The van der Waals surface area contributed by atoms with Gasteiger partial charge in [-0.15, -0.1) is 0 Å². The van der Waals surface area contributed by atoms with Crippen LogP contribution in [0.5, 0.6) is 23.3 Å². The molecule has 0 radical (unpaired) electrons. The third-order valence-corrected chi connectivity index (χ3v) is 4.37. The van der Waals surface area contributed by atoms with Crippen LogP contribution in [0.15, 0.2) is 48.5 Å². The molecule has 9 heteroatoms. The van der Waals surface area contributed by atoms with Gasteiger partial charge in [0.15, 0.2) is 17.7 Å². The van der Waals surface area contributed by atoms with E-state index in [2.05, 4.69) is 4.98 Å². The quantitative estimate of drug-likeness (QED) is 0.490. The number of carbonyl (C=O) groups is 1. The van der Waals surface area contributed by atoms with Crippen molar-refractivity contribution in [1.29, 1.82) is 0 Å². The summed E-state index contributed by atoms with van der Waals surface area (Å²) in [4.78, 5) is 14.8. The maximum atomic E-state index is 14.2. The lowest BCUT2D eigenvalue weighted by Crippen LogP contribution is -2.26. The first-order valence-electron chi connectivity index (χ1n) is 9.37. The Bertz CT molecular complexity index is 1110. The fourth-order valence-electron chi connectivity index (χ4n) is 2.83. The second kappa shape index (κ2) is 9.40. The number of carboxylic acid groups (broad SMARTS) is 1. The minimum absolute atomic E-state index is 0.0300. The van der Waals surface area contributed by atoms with Gasteiger partial charge in [0.05, 0.1) is 0 Å². The Morgan fingerprint density at radius 1 is 1.10 bits per heavy atom. The lowest BCUT2D eigenvalue weighted by Gasteiger charge is -2.14. The minimum Gasteiger partial charge on any atom is -0.508 e. The number of aliphatic carboxylic acids is 1. The summed E-state index contributed by atoms with van der Waals surface area (Å²) in [6.45, 7) is 1.87. The highest BCUT2D eigenvalue weighted by Crippen LogP contribution is 2.33. The van der Waals surface area contributed by atoms with Crippen molar-refractivity contribution in [2.24, 2.45) is 5.73 Å². The number of carboxylic acids is 1. The molecular formula is C22H20F2N2O5. The van der Waals surface area contributed by atoms with Crippen LogP contribution in [-0.4, -0.2) is 27.3 Å². The molecule has 31 heavy (non-hydrogen) atoms. The highest BCUT2D eigenvalue weighted by atomic mass is 19.1. The van der Waals surface area contributed by atoms with Crippen molar-refractivity contribution in [3.8, 4) is 34.4 Å². The van der Waals surface area contributed by atoms with Gasteiger partial charge in [-0.25, -0.2) is 13.6 Å². The molecular weight excluding hydrogens is 410 g/mol. The van der Waals surface area contributed by atoms with E-state index in [-0.39, 0.29) is 17.9 Å². The van der Waals surface area contributed by atoms with Crippen LogP contribution in [0.1, 0.15) is 18.9 Å². The molecule has 0 saturated heterocycles. The third-order valence-electron chi connectivity index (χ3n) is 4.37. The van der Waals surface area contributed by atoms with Crippen molar-refractivity contribution >= 4 is 5.97 Å². The van der Waals surface area contributed by atoms with Gasteiger partial charge in [-0.1, -0.05) is 25.1 Å². The van der Waals surface area contributed by atoms with Crippen LogP contribution in [0, 0.1) is 11.6 Å². The average molecular weight is 430 g/mol. The van der Waals surface area contributed by atoms with Gasteiger partial charge >= 0.3 is 5.97 Å².